The first-order valence-electron chi connectivity index (χ1n) is 6.11. The molecule has 1 aliphatic heterocycles. The van der Waals surface area contributed by atoms with Crippen LogP contribution in [0, 0.1) is 0 Å². The van der Waals surface area contributed by atoms with Crippen molar-refractivity contribution < 1.29 is 14.3 Å². The van der Waals surface area contributed by atoms with E-state index >= 15 is 0 Å². The van der Waals surface area contributed by atoms with Crippen molar-refractivity contribution in [3.05, 3.63) is 65.2 Å². The zero-order chi connectivity index (χ0) is 14.1. The van der Waals surface area contributed by atoms with Gasteiger partial charge in [-0.3, -0.25) is 4.79 Å². The summed E-state index contributed by atoms with van der Waals surface area (Å²) in [6.07, 6.45) is -0.516. The number of anilines is 1. The van der Waals surface area contributed by atoms with Crippen molar-refractivity contribution in [1.29, 1.82) is 0 Å². The SMILES string of the molecule is NC(=O)c1ccc(NC2OC(=O)c3ccccc32)cc1. The number of nitrogens with two attached hydrogens (primary N) is 1. The lowest BCUT2D eigenvalue weighted by Crippen LogP contribution is -2.12. The fourth-order valence-electron chi connectivity index (χ4n) is 2.13. The minimum atomic E-state index is -0.516. The van der Waals surface area contributed by atoms with E-state index in [9.17, 15) is 9.59 Å². The number of rotatable bonds is 3. The van der Waals surface area contributed by atoms with Gasteiger partial charge in [0.1, 0.15) is 0 Å². The number of hydrogen-bond donors (Lipinski definition) is 2. The highest BCUT2D eigenvalue weighted by atomic mass is 16.6. The van der Waals surface area contributed by atoms with Gasteiger partial charge in [-0.2, -0.15) is 0 Å². The van der Waals surface area contributed by atoms with Crippen LogP contribution < -0.4 is 11.1 Å². The van der Waals surface area contributed by atoms with E-state index in [0.717, 1.165) is 11.3 Å². The third-order valence-electron chi connectivity index (χ3n) is 3.16. The number of amides is 1. The second-order valence-corrected chi connectivity index (χ2v) is 4.46. The van der Waals surface area contributed by atoms with Crippen molar-refractivity contribution in [3.63, 3.8) is 0 Å². The quantitative estimate of drug-likeness (QED) is 0.835. The number of primary amides is 1. The molecule has 0 spiro atoms. The van der Waals surface area contributed by atoms with Crippen LogP contribution in [-0.2, 0) is 4.74 Å². The lowest BCUT2D eigenvalue weighted by atomic mass is 10.1. The molecule has 5 heteroatoms. The molecule has 2 aromatic rings. The molecule has 1 amide bonds. The van der Waals surface area contributed by atoms with Gasteiger partial charge in [0.15, 0.2) is 0 Å². The molecule has 1 aliphatic rings. The van der Waals surface area contributed by atoms with Gasteiger partial charge in [-0.1, -0.05) is 18.2 Å². The highest BCUT2D eigenvalue weighted by Crippen LogP contribution is 2.31. The van der Waals surface area contributed by atoms with Crippen LogP contribution in [0.1, 0.15) is 32.5 Å². The predicted molar refractivity (Wildman–Crippen MR) is 73.2 cm³/mol. The van der Waals surface area contributed by atoms with Crippen molar-refractivity contribution in [1.82, 2.24) is 0 Å². The van der Waals surface area contributed by atoms with Gasteiger partial charge >= 0.3 is 5.97 Å². The number of carbonyl (C=O) groups excluding carboxylic acids is 2. The van der Waals surface area contributed by atoms with Gasteiger partial charge < -0.3 is 15.8 Å². The molecular weight excluding hydrogens is 256 g/mol. The molecule has 0 radical (unpaired) electrons. The van der Waals surface area contributed by atoms with E-state index in [1.807, 2.05) is 12.1 Å². The van der Waals surface area contributed by atoms with Crippen molar-refractivity contribution in [2.75, 3.05) is 5.32 Å². The zero-order valence-corrected chi connectivity index (χ0v) is 10.5. The summed E-state index contributed by atoms with van der Waals surface area (Å²) in [5.41, 5.74) is 7.72. The van der Waals surface area contributed by atoms with Gasteiger partial charge in [0.25, 0.3) is 0 Å². The summed E-state index contributed by atoms with van der Waals surface area (Å²) in [4.78, 5) is 22.7. The molecule has 2 aromatic carbocycles. The van der Waals surface area contributed by atoms with Crippen LogP contribution in [0.15, 0.2) is 48.5 Å². The van der Waals surface area contributed by atoms with Crippen LogP contribution >= 0.6 is 0 Å². The third kappa shape index (κ3) is 2.09. The second-order valence-electron chi connectivity index (χ2n) is 4.46. The molecule has 3 N–H and O–H groups in total. The van der Waals surface area contributed by atoms with Gasteiger partial charge in [0, 0.05) is 16.8 Å². The van der Waals surface area contributed by atoms with Crippen LogP contribution in [-0.4, -0.2) is 11.9 Å². The van der Waals surface area contributed by atoms with Crippen LogP contribution in [0.25, 0.3) is 0 Å². The number of hydrogen-bond acceptors (Lipinski definition) is 4. The molecule has 0 aromatic heterocycles. The first-order valence-corrected chi connectivity index (χ1v) is 6.11. The molecule has 0 fully saturated rings. The van der Waals surface area contributed by atoms with E-state index < -0.39 is 12.1 Å². The van der Waals surface area contributed by atoms with Crippen LogP contribution in [0.5, 0.6) is 0 Å². The Bertz CT molecular complexity index is 680. The summed E-state index contributed by atoms with van der Waals surface area (Å²) in [5, 5.41) is 3.10. The molecule has 1 unspecified atom stereocenters. The number of cyclic esters (lactones) is 1. The minimum Gasteiger partial charge on any atom is -0.434 e. The summed E-state index contributed by atoms with van der Waals surface area (Å²) in [6.45, 7) is 0. The molecule has 1 atom stereocenters. The molecule has 0 bridgehead atoms. The Morgan fingerprint density at radius 1 is 1.10 bits per heavy atom. The third-order valence-corrected chi connectivity index (χ3v) is 3.16. The van der Waals surface area contributed by atoms with E-state index in [-0.39, 0.29) is 5.97 Å². The predicted octanol–water partition coefficient (Wildman–Crippen LogP) is 2.07. The van der Waals surface area contributed by atoms with Gasteiger partial charge in [-0.25, -0.2) is 4.79 Å². The first kappa shape index (κ1) is 12.2. The molecule has 100 valence electrons. The number of nitrogens with one attached hydrogen (secondary N) is 1. The average molecular weight is 268 g/mol. The van der Waals surface area contributed by atoms with E-state index in [1.165, 1.54) is 0 Å². The normalized spacial score (nSPS) is 16.4. The maximum atomic E-state index is 11.7. The van der Waals surface area contributed by atoms with Gasteiger partial charge in [0.2, 0.25) is 12.1 Å². The number of benzene rings is 2. The Kier molecular flexibility index (Phi) is 2.87. The Labute approximate surface area is 115 Å². The van der Waals surface area contributed by atoms with Crippen molar-refractivity contribution in [2.24, 2.45) is 5.73 Å². The smallest absolute Gasteiger partial charge is 0.340 e. The molecule has 3 rings (SSSR count). The maximum absolute atomic E-state index is 11.7. The standard InChI is InChI=1S/C15H12N2O3/c16-13(18)9-5-7-10(8-6-9)17-14-11-3-1-2-4-12(11)15(19)20-14/h1-8,14,17H,(H2,16,18). The topological polar surface area (TPSA) is 81.4 Å². The first-order chi connectivity index (χ1) is 9.65. The number of carbonyl (C=O) groups is 2. The molecular formula is C15H12N2O3. The molecule has 1 heterocycles. The largest absolute Gasteiger partial charge is 0.434 e. The summed E-state index contributed by atoms with van der Waals surface area (Å²) >= 11 is 0. The molecule has 20 heavy (non-hydrogen) atoms. The van der Waals surface area contributed by atoms with Crippen molar-refractivity contribution in [3.8, 4) is 0 Å². The van der Waals surface area contributed by atoms with E-state index in [1.54, 1.807) is 36.4 Å². The van der Waals surface area contributed by atoms with Gasteiger partial charge in [0.05, 0.1) is 5.56 Å². The molecule has 0 saturated heterocycles. The fraction of sp³-hybridized carbons (Fsp3) is 0.0667. The summed E-state index contributed by atoms with van der Waals surface area (Å²) in [5.74, 6) is -0.818. The second kappa shape index (κ2) is 4.70. The number of esters is 1. The lowest BCUT2D eigenvalue weighted by Gasteiger charge is -2.14. The Hall–Kier alpha value is -2.82. The summed E-state index contributed by atoms with van der Waals surface area (Å²) in [7, 11) is 0. The monoisotopic (exact) mass is 268 g/mol. The Morgan fingerprint density at radius 2 is 1.80 bits per heavy atom. The molecule has 5 nitrogen and oxygen atoms in total. The van der Waals surface area contributed by atoms with Gasteiger partial charge in [-0.15, -0.1) is 0 Å². The highest BCUT2D eigenvalue weighted by Gasteiger charge is 2.30. The van der Waals surface area contributed by atoms with Crippen LogP contribution in [0.4, 0.5) is 5.69 Å². The fourth-order valence-corrected chi connectivity index (χ4v) is 2.13. The van der Waals surface area contributed by atoms with Gasteiger partial charge in [-0.05, 0) is 30.3 Å². The molecule has 0 saturated carbocycles. The van der Waals surface area contributed by atoms with Crippen LogP contribution in [0.2, 0.25) is 0 Å². The number of fused-ring (bicyclic) bond motifs is 1. The van der Waals surface area contributed by atoms with E-state index in [2.05, 4.69) is 5.32 Å². The van der Waals surface area contributed by atoms with E-state index in [0.29, 0.717) is 11.1 Å². The molecule has 0 aliphatic carbocycles. The zero-order valence-electron chi connectivity index (χ0n) is 10.5. The lowest BCUT2D eigenvalue weighted by molar-refractivity contribution is 0.0437. The maximum Gasteiger partial charge on any atom is 0.340 e. The Balaban J connectivity index is 1.82. The Morgan fingerprint density at radius 3 is 2.50 bits per heavy atom. The van der Waals surface area contributed by atoms with E-state index in [4.69, 9.17) is 10.5 Å². The summed E-state index contributed by atoms with van der Waals surface area (Å²) in [6, 6.07) is 13.9. The summed E-state index contributed by atoms with van der Waals surface area (Å²) < 4.78 is 5.27. The van der Waals surface area contributed by atoms with Crippen molar-refractivity contribution in [2.45, 2.75) is 6.23 Å². The highest BCUT2D eigenvalue weighted by molar-refractivity contribution is 5.94. The number of ether oxygens (including phenoxy) is 1. The van der Waals surface area contributed by atoms with Crippen LogP contribution in [0.3, 0.4) is 0 Å². The van der Waals surface area contributed by atoms with Crippen molar-refractivity contribution >= 4 is 17.6 Å². The minimum absolute atomic E-state index is 0.341. The average Bonchev–Trinajstić information content (AvgIpc) is 2.77.